The van der Waals surface area contributed by atoms with E-state index in [0.717, 1.165) is 57.3 Å². The normalized spacial score (nSPS) is 31.0. The number of pyridine rings is 1. The molecule has 8 rings (SSSR count). The quantitative estimate of drug-likeness (QED) is 0.219. The number of carbonyl (C=O) groups is 4. The molecule has 6 aliphatic rings. The number of nitrogens with zero attached hydrogens (tertiary/aromatic N) is 3. The molecule has 3 amide bonds. The molecule has 1 aromatic carbocycles. The maximum atomic E-state index is 14.7. The fourth-order valence-corrected chi connectivity index (χ4v) is 9.76. The van der Waals surface area contributed by atoms with Gasteiger partial charge in [-0.1, -0.05) is 42.2 Å². The number of nitrogens with one attached hydrogen (secondary N) is 2. The molecule has 15 heteroatoms. The standard InChI is InChI=1S/C45H58ClN5O9/c1-27(2)19-31-23-38(34-11-12-37(39(46)40(34)47-31)58-18-15-50-13-16-57-17-14-50)59-33-24-36-41(52)49-45(43(54)56-3)25-30(45)9-7-5-4-6-8-10-35(42(53)51(36)26-33)48-44(55)60-32-21-28-20-29(28)22-32/h7,9,11-12,19,23,28-30,32-33,35-36H,4-6,8,10,13-18,20-22,24-26H2,1-3H3,(H,48,55)(H,49,52)/b9-7-/t28-,29+,30-,32?,33-,35+,36+,45-/m1/s1. The minimum atomic E-state index is -1.22. The lowest BCUT2D eigenvalue weighted by molar-refractivity contribution is -0.148. The zero-order valence-electron chi connectivity index (χ0n) is 34.9. The van der Waals surface area contributed by atoms with Crippen molar-refractivity contribution in [2.24, 2.45) is 17.8 Å². The van der Waals surface area contributed by atoms with Crippen LogP contribution in [0.5, 0.6) is 11.5 Å². The number of carbonyl (C=O) groups excluding carboxylic acids is 4. The second-order valence-electron chi connectivity index (χ2n) is 17.6. The summed E-state index contributed by atoms with van der Waals surface area (Å²) < 4.78 is 29.4. The number of allylic oxidation sites excluding steroid dienone is 2. The van der Waals surface area contributed by atoms with E-state index in [2.05, 4.69) is 15.5 Å². The van der Waals surface area contributed by atoms with Crippen LogP contribution in [0.4, 0.5) is 4.79 Å². The van der Waals surface area contributed by atoms with E-state index < -0.39 is 47.6 Å². The fourth-order valence-electron chi connectivity index (χ4n) is 9.49. The molecule has 3 aliphatic heterocycles. The highest BCUT2D eigenvalue weighted by atomic mass is 35.5. The summed E-state index contributed by atoms with van der Waals surface area (Å²) in [7, 11) is 1.31. The number of morpholine rings is 1. The van der Waals surface area contributed by atoms with Crippen LogP contribution in [0.15, 0.2) is 35.9 Å². The van der Waals surface area contributed by atoms with Gasteiger partial charge in [0.25, 0.3) is 0 Å². The number of esters is 1. The van der Waals surface area contributed by atoms with E-state index in [9.17, 15) is 19.2 Å². The summed E-state index contributed by atoms with van der Waals surface area (Å²) in [6, 6.07) is 3.60. The van der Waals surface area contributed by atoms with Gasteiger partial charge in [0.1, 0.15) is 53.0 Å². The number of ether oxygens (including phenoxy) is 5. The van der Waals surface area contributed by atoms with Gasteiger partial charge in [-0.15, -0.1) is 0 Å². The Hall–Kier alpha value is -4.40. The van der Waals surface area contributed by atoms with Crippen LogP contribution in [0.2, 0.25) is 5.02 Å². The lowest BCUT2D eigenvalue weighted by atomic mass is 10.0. The number of aromatic nitrogens is 1. The van der Waals surface area contributed by atoms with Gasteiger partial charge in [0.2, 0.25) is 11.8 Å². The number of halogens is 1. The van der Waals surface area contributed by atoms with Crippen LogP contribution < -0.4 is 20.1 Å². The minimum Gasteiger partial charge on any atom is -0.491 e. The van der Waals surface area contributed by atoms with Gasteiger partial charge >= 0.3 is 12.1 Å². The van der Waals surface area contributed by atoms with Crippen molar-refractivity contribution in [3.8, 4) is 11.5 Å². The largest absolute Gasteiger partial charge is 0.491 e. The molecule has 3 saturated carbocycles. The first-order valence-corrected chi connectivity index (χ1v) is 22.1. The number of benzene rings is 1. The fraction of sp³-hybridized carbons (Fsp3) is 0.622. The van der Waals surface area contributed by atoms with Crippen LogP contribution >= 0.6 is 11.6 Å². The van der Waals surface area contributed by atoms with Gasteiger partial charge in [-0.05, 0) is 88.8 Å². The Morgan fingerprint density at radius 1 is 1.05 bits per heavy atom. The Balaban J connectivity index is 1.06. The van der Waals surface area contributed by atoms with E-state index in [-0.39, 0.29) is 25.0 Å². The Kier molecular flexibility index (Phi) is 12.9. The predicted octanol–water partition coefficient (Wildman–Crippen LogP) is 5.83. The van der Waals surface area contributed by atoms with Crippen LogP contribution in [0, 0.1) is 17.8 Å². The van der Waals surface area contributed by atoms with E-state index in [1.54, 1.807) is 0 Å². The van der Waals surface area contributed by atoms with Gasteiger partial charge in [0.15, 0.2) is 0 Å². The molecule has 0 radical (unpaired) electrons. The molecule has 5 fully saturated rings. The van der Waals surface area contributed by atoms with E-state index in [1.165, 1.54) is 18.4 Å². The van der Waals surface area contributed by atoms with Crippen molar-refractivity contribution < 1.29 is 42.9 Å². The Labute approximate surface area is 356 Å². The van der Waals surface area contributed by atoms with E-state index >= 15 is 0 Å². The summed E-state index contributed by atoms with van der Waals surface area (Å²) in [4.78, 5) is 64.4. The average molecular weight is 848 g/mol. The molecule has 4 heterocycles. The lowest BCUT2D eigenvalue weighted by Gasteiger charge is -2.29. The number of fused-ring (bicyclic) bond motifs is 4. The minimum absolute atomic E-state index is 0.0585. The molecule has 1 aromatic heterocycles. The first-order valence-electron chi connectivity index (χ1n) is 21.7. The molecule has 2 N–H and O–H groups in total. The number of alkyl carbamates (subject to hydrolysis) is 1. The molecular formula is C45H58ClN5O9. The van der Waals surface area contributed by atoms with E-state index in [1.807, 2.05) is 50.3 Å². The summed E-state index contributed by atoms with van der Waals surface area (Å²) in [5.41, 5.74) is 0.924. The summed E-state index contributed by atoms with van der Waals surface area (Å²) in [6.07, 6.45) is 11.6. The van der Waals surface area contributed by atoms with Gasteiger partial charge < -0.3 is 39.2 Å². The third-order valence-electron chi connectivity index (χ3n) is 12.9. The average Bonchev–Trinajstić information content (AvgIpc) is 4.02. The maximum absolute atomic E-state index is 14.7. The highest BCUT2D eigenvalue weighted by molar-refractivity contribution is 6.36. The highest BCUT2D eigenvalue weighted by Crippen LogP contribution is 2.52. The molecule has 324 valence electrons. The van der Waals surface area contributed by atoms with Crippen molar-refractivity contribution in [1.82, 2.24) is 25.4 Å². The van der Waals surface area contributed by atoms with Crippen molar-refractivity contribution >= 4 is 52.5 Å². The molecule has 0 bridgehead atoms. The number of rotatable bonds is 10. The van der Waals surface area contributed by atoms with E-state index in [4.69, 9.17) is 40.3 Å². The second-order valence-corrected chi connectivity index (χ2v) is 18.0. The predicted molar refractivity (Wildman–Crippen MR) is 225 cm³/mol. The zero-order valence-corrected chi connectivity index (χ0v) is 35.7. The highest BCUT2D eigenvalue weighted by Gasteiger charge is 2.62. The van der Waals surface area contributed by atoms with Gasteiger partial charge in [-0.3, -0.25) is 14.5 Å². The lowest BCUT2D eigenvalue weighted by Crippen LogP contribution is -2.56. The third kappa shape index (κ3) is 9.55. The molecular weight excluding hydrogens is 790 g/mol. The smallest absolute Gasteiger partial charge is 0.408 e. The zero-order chi connectivity index (χ0) is 42.0. The molecule has 60 heavy (non-hydrogen) atoms. The van der Waals surface area contributed by atoms with Crippen molar-refractivity contribution in [2.75, 3.05) is 53.1 Å². The maximum Gasteiger partial charge on any atom is 0.408 e. The summed E-state index contributed by atoms with van der Waals surface area (Å²) in [5, 5.41) is 6.90. The molecule has 2 aromatic rings. The van der Waals surface area contributed by atoms with Crippen molar-refractivity contribution in [2.45, 2.75) is 108 Å². The first kappa shape index (κ1) is 42.3. The summed E-state index contributed by atoms with van der Waals surface area (Å²) in [6.45, 7) is 8.30. The molecule has 3 aliphatic carbocycles. The molecule has 14 nitrogen and oxygen atoms in total. The van der Waals surface area contributed by atoms with Crippen LogP contribution in [-0.2, 0) is 28.6 Å². The Morgan fingerprint density at radius 2 is 1.85 bits per heavy atom. The van der Waals surface area contributed by atoms with Crippen LogP contribution in [-0.4, -0.2) is 122 Å². The summed E-state index contributed by atoms with van der Waals surface area (Å²) >= 11 is 7.02. The van der Waals surface area contributed by atoms with Crippen molar-refractivity contribution in [3.63, 3.8) is 0 Å². The summed E-state index contributed by atoms with van der Waals surface area (Å²) in [5.74, 6) is 0.624. The Morgan fingerprint density at radius 3 is 2.62 bits per heavy atom. The van der Waals surface area contributed by atoms with Crippen molar-refractivity contribution in [3.05, 3.63) is 46.6 Å². The van der Waals surface area contributed by atoms with Crippen molar-refractivity contribution in [1.29, 1.82) is 0 Å². The van der Waals surface area contributed by atoms with Crippen LogP contribution in [0.25, 0.3) is 17.0 Å². The second kappa shape index (κ2) is 18.3. The Bertz CT molecular complexity index is 2010. The van der Waals surface area contributed by atoms with Gasteiger partial charge in [-0.2, -0.15) is 0 Å². The molecule has 8 atom stereocenters. The first-order chi connectivity index (χ1) is 29.0. The van der Waals surface area contributed by atoms with Crippen LogP contribution in [0.3, 0.4) is 0 Å². The van der Waals surface area contributed by atoms with Crippen LogP contribution in [0.1, 0.15) is 83.7 Å². The SMILES string of the molecule is COC(=O)[C@@]12C[C@H]1/C=C\CCCCC[C@H](NC(=O)OC1C[C@@H]3C[C@@H]3C1)C(=O)N1C[C@H](Oc3cc(C=C(C)C)nc4c(Cl)c(OCCN5CCOCC5)ccc34)C[C@H]1C(=O)N2. The molecule has 1 unspecified atom stereocenters. The topological polar surface area (TPSA) is 158 Å². The van der Waals surface area contributed by atoms with Gasteiger partial charge in [0.05, 0.1) is 38.1 Å². The third-order valence-corrected chi connectivity index (χ3v) is 13.3. The number of methoxy groups -OCH3 is 1. The molecule has 2 saturated heterocycles. The van der Waals surface area contributed by atoms with Gasteiger partial charge in [-0.25, -0.2) is 14.6 Å². The molecule has 0 spiro atoms. The van der Waals surface area contributed by atoms with E-state index in [0.29, 0.717) is 84.0 Å². The number of hydrogen-bond acceptors (Lipinski definition) is 11. The van der Waals surface area contributed by atoms with Gasteiger partial charge in [0, 0.05) is 43.4 Å². The number of amides is 3. The monoisotopic (exact) mass is 847 g/mol. The number of hydrogen-bond donors (Lipinski definition) is 2.